The Morgan fingerprint density at radius 3 is 2.86 bits per heavy atom. The van der Waals surface area contributed by atoms with Crippen LogP contribution in [0.2, 0.25) is 10.0 Å². The maximum atomic E-state index is 6.24. The Morgan fingerprint density at radius 2 is 2.14 bits per heavy atom. The third-order valence-corrected chi connectivity index (χ3v) is 4.34. The third kappa shape index (κ3) is 4.58. The second-order valence-electron chi connectivity index (χ2n) is 4.68. The van der Waals surface area contributed by atoms with Crippen LogP contribution in [0.15, 0.2) is 17.5 Å². The Morgan fingerprint density at radius 1 is 1.33 bits per heavy atom. The molecular formula is C15H18Cl2N2OS. The zero-order valence-electron chi connectivity index (χ0n) is 12.1. The van der Waals surface area contributed by atoms with E-state index in [1.807, 2.05) is 18.5 Å². The molecule has 0 aliphatic carbocycles. The molecule has 1 heterocycles. The van der Waals surface area contributed by atoms with Crippen LogP contribution in [0.4, 0.5) is 0 Å². The molecule has 0 saturated carbocycles. The van der Waals surface area contributed by atoms with Gasteiger partial charge in [0.05, 0.1) is 15.7 Å². The first-order valence-corrected chi connectivity index (χ1v) is 8.46. The molecule has 0 amide bonds. The van der Waals surface area contributed by atoms with Crippen molar-refractivity contribution in [3.63, 3.8) is 0 Å². The van der Waals surface area contributed by atoms with E-state index in [1.54, 1.807) is 17.4 Å². The molecule has 0 radical (unpaired) electrons. The van der Waals surface area contributed by atoms with Crippen molar-refractivity contribution in [1.29, 1.82) is 0 Å². The van der Waals surface area contributed by atoms with E-state index in [2.05, 4.69) is 17.2 Å². The van der Waals surface area contributed by atoms with E-state index in [9.17, 15) is 0 Å². The van der Waals surface area contributed by atoms with Gasteiger partial charge in [-0.1, -0.05) is 30.1 Å². The highest BCUT2D eigenvalue weighted by molar-refractivity contribution is 7.09. The molecule has 0 atom stereocenters. The second kappa shape index (κ2) is 7.99. The number of halogens is 2. The van der Waals surface area contributed by atoms with E-state index in [0.29, 0.717) is 28.9 Å². The summed E-state index contributed by atoms with van der Waals surface area (Å²) < 4.78 is 5.87. The Bertz CT molecular complexity index is 601. The zero-order chi connectivity index (χ0) is 15.2. The minimum Gasteiger partial charge on any atom is -0.485 e. The summed E-state index contributed by atoms with van der Waals surface area (Å²) in [5.74, 6) is 0.667. The molecule has 0 unspecified atom stereocenters. The van der Waals surface area contributed by atoms with Crippen LogP contribution in [0.3, 0.4) is 0 Å². The van der Waals surface area contributed by atoms with Crippen molar-refractivity contribution in [3.8, 4) is 5.75 Å². The van der Waals surface area contributed by atoms with Crippen molar-refractivity contribution < 1.29 is 4.74 Å². The largest absolute Gasteiger partial charge is 0.485 e. The number of ether oxygens (including phenoxy) is 1. The quantitative estimate of drug-likeness (QED) is 0.790. The Balaban J connectivity index is 2.11. The highest BCUT2D eigenvalue weighted by Gasteiger charge is 2.11. The molecule has 114 valence electrons. The van der Waals surface area contributed by atoms with E-state index < -0.39 is 0 Å². The average molecular weight is 345 g/mol. The summed E-state index contributed by atoms with van der Waals surface area (Å²) in [6.45, 7) is 3.21. The molecule has 0 spiro atoms. The number of hydrogen-bond donors (Lipinski definition) is 1. The highest BCUT2D eigenvalue weighted by atomic mass is 35.5. The number of aromatic nitrogens is 1. The zero-order valence-corrected chi connectivity index (χ0v) is 14.4. The van der Waals surface area contributed by atoms with E-state index in [0.717, 1.165) is 29.1 Å². The van der Waals surface area contributed by atoms with Gasteiger partial charge in [-0.05, 0) is 32.0 Å². The minimum atomic E-state index is 0.415. The fraction of sp³-hybridized carbons (Fsp3) is 0.400. The molecular weight excluding hydrogens is 327 g/mol. The van der Waals surface area contributed by atoms with E-state index in [1.165, 1.54) is 0 Å². The summed E-state index contributed by atoms with van der Waals surface area (Å²) >= 11 is 13.9. The molecule has 0 bridgehead atoms. The number of thiazole rings is 1. The maximum Gasteiger partial charge on any atom is 0.143 e. The van der Waals surface area contributed by atoms with Crippen LogP contribution < -0.4 is 10.1 Å². The Kier molecular flexibility index (Phi) is 6.30. The predicted octanol–water partition coefficient (Wildman–Crippen LogP) is 4.70. The molecule has 3 nitrogen and oxygen atoms in total. The van der Waals surface area contributed by atoms with Gasteiger partial charge in [0.1, 0.15) is 12.4 Å². The lowest BCUT2D eigenvalue weighted by Crippen LogP contribution is -2.08. The molecule has 1 N–H and O–H groups in total. The first-order valence-electron chi connectivity index (χ1n) is 6.82. The van der Waals surface area contributed by atoms with Crippen LogP contribution in [0.25, 0.3) is 0 Å². The minimum absolute atomic E-state index is 0.415. The topological polar surface area (TPSA) is 34.1 Å². The van der Waals surface area contributed by atoms with Crippen molar-refractivity contribution in [2.24, 2.45) is 0 Å². The van der Waals surface area contributed by atoms with Gasteiger partial charge < -0.3 is 10.1 Å². The van der Waals surface area contributed by atoms with Gasteiger partial charge in [-0.3, -0.25) is 0 Å². The highest BCUT2D eigenvalue weighted by Crippen LogP contribution is 2.33. The smallest absolute Gasteiger partial charge is 0.143 e. The lowest BCUT2D eigenvalue weighted by molar-refractivity contribution is 0.298. The van der Waals surface area contributed by atoms with Crippen LogP contribution in [-0.4, -0.2) is 12.0 Å². The normalized spacial score (nSPS) is 10.9. The fourth-order valence-corrected chi connectivity index (χ4v) is 3.46. The fourth-order valence-electron chi connectivity index (χ4n) is 1.99. The summed E-state index contributed by atoms with van der Waals surface area (Å²) in [4.78, 5) is 4.55. The van der Waals surface area contributed by atoms with Gasteiger partial charge in [0, 0.05) is 22.5 Å². The monoisotopic (exact) mass is 344 g/mol. The van der Waals surface area contributed by atoms with E-state index >= 15 is 0 Å². The maximum absolute atomic E-state index is 6.24. The van der Waals surface area contributed by atoms with Gasteiger partial charge in [0.15, 0.2) is 0 Å². The molecule has 2 rings (SSSR count). The molecule has 21 heavy (non-hydrogen) atoms. The van der Waals surface area contributed by atoms with Crippen LogP contribution in [-0.2, 0) is 19.6 Å². The first kappa shape index (κ1) is 16.6. The average Bonchev–Trinajstić information content (AvgIpc) is 2.86. The van der Waals surface area contributed by atoms with Crippen LogP contribution >= 0.6 is 34.5 Å². The standard InChI is InChI=1S/C15H18Cl2N2OS/c1-3-4-14-19-12(9-21-14)8-20-15-10(7-18-2)5-11(16)6-13(15)17/h5-6,9,18H,3-4,7-8H2,1-2H3. The van der Waals surface area contributed by atoms with E-state index in [4.69, 9.17) is 27.9 Å². The molecule has 1 aromatic carbocycles. The van der Waals surface area contributed by atoms with Crippen LogP contribution in [0.1, 0.15) is 29.6 Å². The number of nitrogens with one attached hydrogen (secondary N) is 1. The predicted molar refractivity (Wildman–Crippen MR) is 89.7 cm³/mol. The van der Waals surface area contributed by atoms with Crippen molar-refractivity contribution in [1.82, 2.24) is 10.3 Å². The van der Waals surface area contributed by atoms with Gasteiger partial charge in [-0.15, -0.1) is 11.3 Å². The molecule has 2 aromatic rings. The van der Waals surface area contributed by atoms with Gasteiger partial charge in [0.25, 0.3) is 0 Å². The van der Waals surface area contributed by atoms with Crippen LogP contribution in [0, 0.1) is 0 Å². The van der Waals surface area contributed by atoms with Gasteiger partial charge in [0.2, 0.25) is 0 Å². The molecule has 0 aliphatic heterocycles. The third-order valence-electron chi connectivity index (χ3n) is 2.88. The Labute approximate surface area is 139 Å². The van der Waals surface area contributed by atoms with Gasteiger partial charge >= 0.3 is 0 Å². The Hall–Kier alpha value is -0.810. The van der Waals surface area contributed by atoms with Gasteiger partial charge in [-0.2, -0.15) is 0 Å². The number of nitrogens with zero attached hydrogens (tertiary/aromatic N) is 1. The molecule has 6 heteroatoms. The molecule has 0 saturated heterocycles. The lowest BCUT2D eigenvalue weighted by atomic mass is 10.2. The summed E-state index contributed by atoms with van der Waals surface area (Å²) in [7, 11) is 1.87. The second-order valence-corrected chi connectivity index (χ2v) is 6.46. The van der Waals surface area contributed by atoms with Crippen LogP contribution in [0.5, 0.6) is 5.75 Å². The molecule has 1 aromatic heterocycles. The SMILES string of the molecule is CCCc1nc(COc2c(Cl)cc(Cl)cc2CNC)cs1. The number of rotatable bonds is 7. The summed E-state index contributed by atoms with van der Waals surface area (Å²) in [6, 6.07) is 3.56. The molecule has 0 aliphatic rings. The first-order chi connectivity index (χ1) is 10.1. The summed E-state index contributed by atoms with van der Waals surface area (Å²) in [5, 5.41) is 7.40. The van der Waals surface area contributed by atoms with E-state index in [-0.39, 0.29) is 0 Å². The summed E-state index contributed by atoms with van der Waals surface area (Å²) in [6.07, 6.45) is 2.11. The van der Waals surface area contributed by atoms with Crippen molar-refractivity contribution in [3.05, 3.63) is 43.8 Å². The molecule has 0 fully saturated rings. The number of benzene rings is 1. The van der Waals surface area contributed by atoms with Crippen molar-refractivity contribution in [2.45, 2.75) is 32.9 Å². The van der Waals surface area contributed by atoms with Crippen molar-refractivity contribution in [2.75, 3.05) is 7.05 Å². The van der Waals surface area contributed by atoms with Crippen molar-refractivity contribution >= 4 is 34.5 Å². The number of hydrogen-bond acceptors (Lipinski definition) is 4. The summed E-state index contributed by atoms with van der Waals surface area (Å²) in [5.41, 5.74) is 1.88. The number of aryl methyl sites for hydroxylation is 1. The van der Waals surface area contributed by atoms with Gasteiger partial charge in [-0.25, -0.2) is 4.98 Å². The lowest BCUT2D eigenvalue weighted by Gasteiger charge is -2.13.